The van der Waals surface area contributed by atoms with Crippen LogP contribution >= 0.6 is 0 Å². The number of esters is 2. The summed E-state index contributed by atoms with van der Waals surface area (Å²) in [6.07, 6.45) is -9.96. The van der Waals surface area contributed by atoms with E-state index in [-0.39, 0.29) is 22.7 Å². The van der Waals surface area contributed by atoms with Gasteiger partial charge in [-0.1, -0.05) is 30.3 Å². The number of nitriles is 1. The van der Waals surface area contributed by atoms with Crippen LogP contribution in [0.5, 0.6) is 11.5 Å². The number of alkyl halides is 4. The number of nitrogens with zero attached hydrogens (tertiary/aromatic N) is 2. The number of hydrogen-bond acceptors (Lipinski definition) is 9. The van der Waals surface area contributed by atoms with Crippen LogP contribution in [0, 0.1) is 11.3 Å². The first kappa shape index (κ1) is 25.4. The summed E-state index contributed by atoms with van der Waals surface area (Å²) in [7, 11) is 2.07. The minimum atomic E-state index is -5.02. The number of methoxy groups -OCH3 is 2. The first-order valence-corrected chi connectivity index (χ1v) is 10.4. The van der Waals surface area contributed by atoms with E-state index in [2.05, 4.69) is 9.47 Å². The minimum Gasteiger partial charge on any atom is -0.466 e. The number of ether oxygens (including phenoxy) is 4. The molecule has 0 spiro atoms. The molecule has 0 aromatic heterocycles. The zero-order chi connectivity index (χ0) is 27.1. The number of benzene rings is 2. The molecule has 1 unspecified atom stereocenters. The van der Waals surface area contributed by atoms with Gasteiger partial charge >= 0.3 is 24.2 Å². The summed E-state index contributed by atoms with van der Waals surface area (Å²) in [5, 5.41) is 10.00. The highest BCUT2D eigenvalue weighted by Crippen LogP contribution is 2.49. The highest BCUT2D eigenvalue weighted by molar-refractivity contribution is 6.06. The Kier molecular flexibility index (Phi) is 6.20. The van der Waals surface area contributed by atoms with Crippen molar-refractivity contribution in [1.82, 2.24) is 0 Å². The first-order chi connectivity index (χ1) is 17.5. The topological polar surface area (TPSA) is 124 Å². The van der Waals surface area contributed by atoms with Gasteiger partial charge in [-0.15, -0.1) is 0 Å². The second-order valence-corrected chi connectivity index (χ2v) is 7.70. The molecule has 0 radical (unpaired) electrons. The van der Waals surface area contributed by atoms with Crippen molar-refractivity contribution in [2.45, 2.75) is 18.1 Å². The Labute approximate surface area is 206 Å². The Morgan fingerprint density at radius 3 is 2.14 bits per heavy atom. The largest absolute Gasteiger partial charge is 0.507 e. The van der Waals surface area contributed by atoms with Crippen molar-refractivity contribution in [3.8, 4) is 17.6 Å². The molecule has 37 heavy (non-hydrogen) atoms. The molecule has 1 atom stereocenters. The van der Waals surface area contributed by atoms with Crippen LogP contribution in [0.25, 0.3) is 0 Å². The van der Waals surface area contributed by atoms with Crippen molar-refractivity contribution in [2.24, 2.45) is 5.73 Å². The summed E-state index contributed by atoms with van der Waals surface area (Å²) in [6, 6.07) is 12.9. The summed E-state index contributed by atoms with van der Waals surface area (Å²) >= 11 is 0. The van der Waals surface area contributed by atoms with E-state index in [1.165, 1.54) is 0 Å². The van der Waals surface area contributed by atoms with Crippen LogP contribution in [-0.4, -0.2) is 38.4 Å². The van der Waals surface area contributed by atoms with Gasteiger partial charge in [-0.25, -0.2) is 9.59 Å². The van der Waals surface area contributed by atoms with Gasteiger partial charge < -0.3 is 24.7 Å². The number of carbonyl (C=O) groups is 2. The summed E-state index contributed by atoms with van der Waals surface area (Å²) in [5.41, 5.74) is 5.49. The van der Waals surface area contributed by atoms with Gasteiger partial charge in [-0.2, -0.15) is 22.8 Å². The average Bonchev–Trinajstić information content (AvgIpc) is 2.87. The number of rotatable bonds is 4. The molecule has 13 heteroatoms. The fraction of sp³-hybridized carbons (Fsp3) is 0.208. The molecule has 0 saturated heterocycles. The van der Waals surface area contributed by atoms with Gasteiger partial charge in [-0.3, -0.25) is 4.90 Å². The molecule has 9 nitrogen and oxygen atoms in total. The number of hydrogen-bond donors (Lipinski definition) is 1. The number of fused-ring (bicyclic) bond motifs is 1. The van der Waals surface area contributed by atoms with Crippen LogP contribution < -0.4 is 20.1 Å². The fourth-order valence-electron chi connectivity index (χ4n) is 3.98. The van der Waals surface area contributed by atoms with Gasteiger partial charge in [0.05, 0.1) is 43.0 Å². The van der Waals surface area contributed by atoms with Crippen LogP contribution in [0.4, 0.5) is 23.2 Å². The number of anilines is 1. The Morgan fingerprint density at radius 1 is 0.973 bits per heavy atom. The van der Waals surface area contributed by atoms with Gasteiger partial charge in [0.2, 0.25) is 0 Å². The maximum atomic E-state index is 13.8. The molecular formula is C24H17F4N3O6. The molecule has 2 heterocycles. The third-order valence-corrected chi connectivity index (χ3v) is 5.61. The van der Waals surface area contributed by atoms with Crippen molar-refractivity contribution in [1.29, 1.82) is 5.26 Å². The van der Waals surface area contributed by atoms with Crippen LogP contribution in [0.3, 0.4) is 0 Å². The van der Waals surface area contributed by atoms with Gasteiger partial charge in [-0.05, 0) is 17.7 Å². The third kappa shape index (κ3) is 4.06. The molecular weight excluding hydrogens is 502 g/mol. The van der Waals surface area contributed by atoms with E-state index in [9.17, 15) is 32.4 Å². The highest BCUT2D eigenvalue weighted by atomic mass is 19.3. The van der Waals surface area contributed by atoms with Gasteiger partial charge in [0.25, 0.3) is 0 Å². The highest BCUT2D eigenvalue weighted by Gasteiger charge is 2.66. The van der Waals surface area contributed by atoms with Crippen LogP contribution in [0.1, 0.15) is 11.5 Å². The standard InChI is InChI=1S/C24H17F4N3O6/c1-34-21(32)18-17(12-6-4-3-5-7-12)14(11-29)20(30)31(19(18)22(33)35-2)13-8-9-15-16(10-13)37-24(27,28)23(25,26)36-15/h3-10,17H,30H2,1-2H3. The predicted molar refractivity (Wildman–Crippen MR) is 117 cm³/mol. The number of carbonyl (C=O) groups excluding carboxylic acids is 2. The van der Waals surface area contributed by atoms with Crippen molar-refractivity contribution in [3.05, 3.63) is 76.8 Å². The summed E-state index contributed by atoms with van der Waals surface area (Å²) in [5.74, 6) is -5.16. The molecule has 2 N–H and O–H groups in total. The Hall–Kier alpha value is -4.73. The molecule has 2 aliphatic heterocycles. The van der Waals surface area contributed by atoms with E-state index >= 15 is 0 Å². The number of allylic oxidation sites excluding steroid dienone is 1. The number of nitrogens with two attached hydrogens (primary N) is 1. The number of halogens is 4. The van der Waals surface area contributed by atoms with Gasteiger partial charge in [0.1, 0.15) is 11.5 Å². The fourth-order valence-corrected chi connectivity index (χ4v) is 3.98. The Morgan fingerprint density at radius 2 is 1.57 bits per heavy atom. The van der Waals surface area contributed by atoms with Crippen molar-refractivity contribution in [2.75, 3.05) is 19.1 Å². The molecule has 0 amide bonds. The lowest BCUT2D eigenvalue weighted by Crippen LogP contribution is -2.52. The molecule has 0 bridgehead atoms. The Balaban J connectivity index is 1.99. The van der Waals surface area contributed by atoms with Crippen molar-refractivity contribution < 1.29 is 46.1 Å². The Bertz CT molecular complexity index is 1380. The first-order valence-electron chi connectivity index (χ1n) is 10.4. The summed E-state index contributed by atoms with van der Waals surface area (Å²) in [6.45, 7) is 0. The lowest BCUT2D eigenvalue weighted by Gasteiger charge is -2.37. The second kappa shape index (κ2) is 9.05. The minimum absolute atomic E-state index is 0.189. The normalized spacial score (nSPS) is 19.7. The molecule has 2 aliphatic rings. The van der Waals surface area contributed by atoms with E-state index < -0.39 is 47.3 Å². The van der Waals surface area contributed by atoms with Gasteiger partial charge in [0, 0.05) is 6.07 Å². The van der Waals surface area contributed by atoms with Gasteiger partial charge in [0.15, 0.2) is 11.5 Å². The lowest BCUT2D eigenvalue weighted by molar-refractivity contribution is -0.391. The molecule has 4 rings (SSSR count). The molecule has 0 fully saturated rings. The van der Waals surface area contributed by atoms with Crippen molar-refractivity contribution in [3.63, 3.8) is 0 Å². The molecule has 2 aromatic carbocycles. The summed E-state index contributed by atoms with van der Waals surface area (Å²) < 4.78 is 72.8. The molecule has 2 aromatic rings. The average molecular weight is 519 g/mol. The molecule has 192 valence electrons. The van der Waals surface area contributed by atoms with E-state index in [4.69, 9.17) is 15.2 Å². The zero-order valence-electron chi connectivity index (χ0n) is 19.1. The molecule has 0 saturated carbocycles. The van der Waals surface area contributed by atoms with E-state index in [1.807, 2.05) is 6.07 Å². The summed E-state index contributed by atoms with van der Waals surface area (Å²) in [4.78, 5) is 26.9. The van der Waals surface area contributed by atoms with Crippen LogP contribution in [-0.2, 0) is 19.1 Å². The predicted octanol–water partition coefficient (Wildman–Crippen LogP) is 3.54. The maximum absolute atomic E-state index is 13.8. The van der Waals surface area contributed by atoms with Crippen molar-refractivity contribution >= 4 is 17.6 Å². The van der Waals surface area contributed by atoms with Crippen LogP contribution in [0.2, 0.25) is 0 Å². The SMILES string of the molecule is COC(=O)C1=C(C(=O)OC)N(c2ccc3c(c2)OC(F)(F)C(F)(F)O3)C(N)=C(C#N)C1c1ccccc1. The quantitative estimate of drug-likeness (QED) is 0.477. The smallest absolute Gasteiger partial charge is 0.466 e. The van der Waals surface area contributed by atoms with E-state index in [0.717, 1.165) is 37.3 Å². The zero-order valence-corrected chi connectivity index (χ0v) is 19.1. The molecule has 0 aliphatic carbocycles. The lowest BCUT2D eigenvalue weighted by atomic mass is 9.81. The maximum Gasteiger partial charge on any atom is 0.507 e. The van der Waals surface area contributed by atoms with E-state index in [0.29, 0.717) is 5.56 Å². The van der Waals surface area contributed by atoms with Crippen LogP contribution in [0.15, 0.2) is 71.2 Å². The third-order valence-electron chi connectivity index (χ3n) is 5.61. The second-order valence-electron chi connectivity index (χ2n) is 7.70. The van der Waals surface area contributed by atoms with E-state index in [1.54, 1.807) is 30.3 Å². The monoisotopic (exact) mass is 519 g/mol.